The molecule has 0 fully saturated rings. The molecule has 1 aromatic carbocycles. The lowest BCUT2D eigenvalue weighted by molar-refractivity contribution is -0.137. The average Bonchev–Trinajstić information content (AvgIpc) is 3.13. The highest BCUT2D eigenvalue weighted by atomic mass is 19.4. The molecule has 2 N–H and O–H groups in total. The Labute approximate surface area is 157 Å². The van der Waals surface area contributed by atoms with Gasteiger partial charge in [-0.1, -0.05) is 12.1 Å². The van der Waals surface area contributed by atoms with E-state index in [1.54, 1.807) is 6.26 Å². The summed E-state index contributed by atoms with van der Waals surface area (Å²) in [6.45, 7) is 3.47. The van der Waals surface area contributed by atoms with Crippen LogP contribution in [0.5, 0.6) is 0 Å². The van der Waals surface area contributed by atoms with E-state index in [1.165, 1.54) is 12.1 Å². The second-order valence-corrected chi connectivity index (χ2v) is 6.27. The first-order chi connectivity index (χ1) is 12.8. The summed E-state index contributed by atoms with van der Waals surface area (Å²) in [7, 11) is 3.92. The van der Waals surface area contributed by atoms with Crippen LogP contribution in [0.15, 0.2) is 52.1 Å². The third kappa shape index (κ3) is 6.32. The number of benzene rings is 1. The summed E-state index contributed by atoms with van der Waals surface area (Å²) in [5, 5.41) is 6.39. The number of likely N-dealkylation sites (N-methyl/N-ethyl adjacent to an activating group) is 1. The van der Waals surface area contributed by atoms with E-state index in [9.17, 15) is 13.2 Å². The quantitative estimate of drug-likeness (QED) is 0.567. The molecule has 0 radical (unpaired) electrons. The molecule has 0 saturated heterocycles. The fourth-order valence-electron chi connectivity index (χ4n) is 2.52. The molecule has 0 amide bonds. The molecule has 0 spiro atoms. The molecule has 148 valence electrons. The maximum Gasteiger partial charge on any atom is 0.416 e. The Kier molecular flexibility index (Phi) is 7.29. The van der Waals surface area contributed by atoms with Crippen LogP contribution in [0, 0.1) is 0 Å². The van der Waals surface area contributed by atoms with E-state index in [1.807, 2.05) is 38.1 Å². The van der Waals surface area contributed by atoms with Gasteiger partial charge in [-0.3, -0.25) is 4.90 Å². The zero-order chi connectivity index (χ0) is 19.9. The number of nitrogens with zero attached hydrogens (tertiary/aromatic N) is 2. The molecule has 0 aliphatic heterocycles. The van der Waals surface area contributed by atoms with E-state index in [-0.39, 0.29) is 12.6 Å². The van der Waals surface area contributed by atoms with Gasteiger partial charge in [0.15, 0.2) is 5.96 Å². The van der Waals surface area contributed by atoms with Gasteiger partial charge in [0.25, 0.3) is 0 Å². The van der Waals surface area contributed by atoms with Gasteiger partial charge in [-0.15, -0.1) is 0 Å². The van der Waals surface area contributed by atoms with Crippen LogP contribution in [0.2, 0.25) is 0 Å². The summed E-state index contributed by atoms with van der Waals surface area (Å²) in [4.78, 5) is 6.49. The van der Waals surface area contributed by atoms with E-state index in [4.69, 9.17) is 4.42 Å². The van der Waals surface area contributed by atoms with Crippen molar-refractivity contribution in [3.05, 3.63) is 59.5 Å². The van der Waals surface area contributed by atoms with Gasteiger partial charge in [-0.2, -0.15) is 13.2 Å². The fraction of sp³-hybridized carbons (Fsp3) is 0.421. The highest BCUT2D eigenvalue weighted by Gasteiger charge is 2.29. The molecular weight excluding hydrogens is 357 g/mol. The highest BCUT2D eigenvalue weighted by Crippen LogP contribution is 2.29. The molecule has 0 aliphatic rings. The minimum Gasteiger partial charge on any atom is -0.468 e. The third-order valence-electron chi connectivity index (χ3n) is 4.00. The van der Waals surface area contributed by atoms with Crippen molar-refractivity contribution in [2.45, 2.75) is 25.7 Å². The molecule has 8 heteroatoms. The van der Waals surface area contributed by atoms with E-state index in [2.05, 4.69) is 15.6 Å². The number of rotatable bonds is 7. The first kappa shape index (κ1) is 20.8. The van der Waals surface area contributed by atoms with Gasteiger partial charge in [-0.05, 0) is 50.8 Å². The van der Waals surface area contributed by atoms with Crippen LogP contribution in [0.4, 0.5) is 13.2 Å². The number of furan rings is 1. The minimum absolute atomic E-state index is 0.0231. The van der Waals surface area contributed by atoms with Crippen LogP contribution in [-0.4, -0.2) is 38.0 Å². The molecule has 1 atom stereocenters. The summed E-state index contributed by atoms with van der Waals surface area (Å²) < 4.78 is 43.4. The highest BCUT2D eigenvalue weighted by molar-refractivity contribution is 5.79. The molecule has 1 aromatic heterocycles. The Morgan fingerprint density at radius 3 is 2.37 bits per heavy atom. The Morgan fingerprint density at radius 1 is 1.15 bits per heavy atom. The molecule has 0 saturated carbocycles. The topological polar surface area (TPSA) is 52.8 Å². The van der Waals surface area contributed by atoms with Crippen molar-refractivity contribution in [2.75, 3.05) is 27.2 Å². The van der Waals surface area contributed by atoms with Crippen LogP contribution in [-0.2, 0) is 12.7 Å². The van der Waals surface area contributed by atoms with E-state index in [0.29, 0.717) is 24.6 Å². The number of hydrogen-bond acceptors (Lipinski definition) is 3. The van der Waals surface area contributed by atoms with Crippen LogP contribution in [0.25, 0.3) is 0 Å². The Bertz CT molecular complexity index is 710. The van der Waals surface area contributed by atoms with Crippen LogP contribution >= 0.6 is 0 Å². The molecular formula is C19H25F3N4O. The standard InChI is InChI=1S/C19H25F3N4O/c1-4-23-18(25-13-16(26(2)3)17-6-5-11-27-17)24-12-14-7-9-15(10-8-14)19(20,21)22/h5-11,16H,4,12-13H2,1-3H3,(H2,23,24,25). The molecule has 0 bridgehead atoms. The maximum atomic E-state index is 12.6. The molecule has 27 heavy (non-hydrogen) atoms. The fourth-order valence-corrected chi connectivity index (χ4v) is 2.52. The van der Waals surface area contributed by atoms with Crippen molar-refractivity contribution < 1.29 is 17.6 Å². The predicted octanol–water partition coefficient (Wildman–Crippen LogP) is 3.66. The number of aliphatic imine (C=N–C) groups is 1. The van der Waals surface area contributed by atoms with Crippen molar-refractivity contribution in [1.29, 1.82) is 0 Å². The number of nitrogens with one attached hydrogen (secondary N) is 2. The van der Waals surface area contributed by atoms with Gasteiger partial charge in [0, 0.05) is 13.1 Å². The second kappa shape index (κ2) is 9.45. The minimum atomic E-state index is -4.33. The van der Waals surface area contributed by atoms with Crippen LogP contribution in [0.1, 0.15) is 29.9 Å². The number of guanidine groups is 1. The van der Waals surface area contributed by atoms with Gasteiger partial charge < -0.3 is 15.1 Å². The van der Waals surface area contributed by atoms with Crippen molar-refractivity contribution in [1.82, 2.24) is 15.5 Å². The number of alkyl halides is 3. The lowest BCUT2D eigenvalue weighted by atomic mass is 10.1. The van der Waals surface area contributed by atoms with Gasteiger partial charge in [0.1, 0.15) is 5.76 Å². The molecule has 5 nitrogen and oxygen atoms in total. The smallest absolute Gasteiger partial charge is 0.416 e. The van der Waals surface area contributed by atoms with E-state index >= 15 is 0 Å². The van der Waals surface area contributed by atoms with Gasteiger partial charge in [-0.25, -0.2) is 4.99 Å². The summed E-state index contributed by atoms with van der Waals surface area (Å²) >= 11 is 0. The molecule has 2 rings (SSSR count). The molecule has 0 aliphatic carbocycles. The van der Waals surface area contributed by atoms with Crippen LogP contribution in [0.3, 0.4) is 0 Å². The largest absolute Gasteiger partial charge is 0.468 e. The maximum absolute atomic E-state index is 12.6. The van der Waals surface area contributed by atoms with E-state index < -0.39 is 11.7 Å². The lowest BCUT2D eigenvalue weighted by Gasteiger charge is -2.23. The number of halogens is 3. The average molecular weight is 382 g/mol. The Balaban J connectivity index is 2.01. The predicted molar refractivity (Wildman–Crippen MR) is 99.4 cm³/mol. The summed E-state index contributed by atoms with van der Waals surface area (Å²) in [6.07, 6.45) is -2.69. The van der Waals surface area contributed by atoms with Crippen molar-refractivity contribution in [3.8, 4) is 0 Å². The summed E-state index contributed by atoms with van der Waals surface area (Å²) in [5.41, 5.74) is 0.0444. The monoisotopic (exact) mass is 382 g/mol. The Morgan fingerprint density at radius 2 is 1.85 bits per heavy atom. The van der Waals surface area contributed by atoms with Crippen molar-refractivity contribution >= 4 is 5.96 Å². The zero-order valence-electron chi connectivity index (χ0n) is 15.7. The van der Waals surface area contributed by atoms with Gasteiger partial charge >= 0.3 is 6.18 Å². The first-order valence-electron chi connectivity index (χ1n) is 8.69. The SMILES string of the molecule is CCNC(=NCc1ccc(C(F)(F)F)cc1)NCC(c1ccco1)N(C)C. The first-order valence-corrected chi connectivity index (χ1v) is 8.69. The van der Waals surface area contributed by atoms with Crippen molar-refractivity contribution in [2.24, 2.45) is 4.99 Å². The zero-order valence-corrected chi connectivity index (χ0v) is 15.7. The van der Waals surface area contributed by atoms with Gasteiger partial charge in [0.05, 0.1) is 24.4 Å². The second-order valence-electron chi connectivity index (χ2n) is 6.27. The normalized spacial score (nSPS) is 13.7. The van der Waals surface area contributed by atoms with Crippen LogP contribution < -0.4 is 10.6 Å². The molecule has 1 unspecified atom stereocenters. The van der Waals surface area contributed by atoms with Gasteiger partial charge in [0.2, 0.25) is 0 Å². The Hall–Kier alpha value is -2.48. The number of hydrogen-bond donors (Lipinski definition) is 2. The molecule has 2 aromatic rings. The lowest BCUT2D eigenvalue weighted by Crippen LogP contribution is -2.41. The molecule has 1 heterocycles. The third-order valence-corrected chi connectivity index (χ3v) is 4.00. The van der Waals surface area contributed by atoms with E-state index in [0.717, 1.165) is 17.9 Å². The summed E-state index contributed by atoms with van der Waals surface area (Å²) in [5.74, 6) is 1.43. The van der Waals surface area contributed by atoms with Crippen molar-refractivity contribution in [3.63, 3.8) is 0 Å². The summed E-state index contributed by atoms with van der Waals surface area (Å²) in [6, 6.07) is 8.82.